The van der Waals surface area contributed by atoms with Crippen LogP contribution in [0.1, 0.15) is 25.7 Å². The molecule has 0 bridgehead atoms. The Kier molecular flexibility index (Phi) is 5.93. The van der Waals surface area contributed by atoms with Crippen molar-refractivity contribution in [1.82, 2.24) is 0 Å². The predicted molar refractivity (Wildman–Crippen MR) is 64.6 cm³/mol. The van der Waals surface area contributed by atoms with Gasteiger partial charge >= 0.3 is 20.7 Å². The van der Waals surface area contributed by atoms with Crippen LogP contribution in [0.15, 0.2) is 0 Å². The fourth-order valence-electron chi connectivity index (χ4n) is 2.04. The van der Waals surface area contributed by atoms with Crippen molar-refractivity contribution >= 4 is 20.7 Å². The first-order chi connectivity index (χ1) is 8.56. The second-order valence-corrected chi connectivity index (χ2v) is 7.31. The molecule has 1 unspecified atom stereocenters. The summed E-state index contributed by atoms with van der Waals surface area (Å²) in [7, 11) is 2.13. The van der Waals surface area contributed by atoms with E-state index in [-0.39, 0.29) is 5.92 Å². The van der Waals surface area contributed by atoms with Gasteiger partial charge in [-0.15, -0.1) is 0 Å². The van der Waals surface area contributed by atoms with Gasteiger partial charge in [0.1, 0.15) is 0 Å². The molecule has 0 aromatic heterocycles. The Labute approximate surface area is 108 Å². The first-order valence-corrected chi connectivity index (χ1v) is 7.90. The zero-order valence-electron chi connectivity index (χ0n) is 11.1. The van der Waals surface area contributed by atoms with Gasteiger partial charge < -0.3 is 18.0 Å². The van der Waals surface area contributed by atoms with E-state index in [0.29, 0.717) is 25.3 Å². The molecule has 0 saturated carbocycles. The molecule has 18 heavy (non-hydrogen) atoms. The van der Waals surface area contributed by atoms with Crippen molar-refractivity contribution < 1.29 is 27.6 Å². The molecule has 1 fully saturated rings. The van der Waals surface area contributed by atoms with Crippen LogP contribution in [0.25, 0.3) is 0 Å². The third-order valence-corrected chi connectivity index (χ3v) is 6.05. The Balaban J connectivity index is 2.37. The second kappa shape index (κ2) is 6.98. The molecule has 7 heteroatoms. The van der Waals surface area contributed by atoms with Crippen molar-refractivity contribution in [3.63, 3.8) is 0 Å². The van der Waals surface area contributed by atoms with E-state index >= 15 is 0 Å². The molecule has 1 heterocycles. The lowest BCUT2D eigenvalue weighted by Crippen LogP contribution is -2.42. The van der Waals surface area contributed by atoms with Crippen LogP contribution in [0, 0.1) is 5.92 Å². The molecule has 0 aromatic carbocycles. The van der Waals surface area contributed by atoms with Crippen LogP contribution < -0.4 is 0 Å². The van der Waals surface area contributed by atoms with E-state index in [2.05, 4.69) is 4.74 Å². The van der Waals surface area contributed by atoms with E-state index in [9.17, 15) is 9.59 Å². The average Bonchev–Trinajstić information content (AvgIpc) is 2.38. The van der Waals surface area contributed by atoms with E-state index in [0.717, 1.165) is 6.42 Å². The molecule has 0 aliphatic carbocycles. The van der Waals surface area contributed by atoms with Gasteiger partial charge in [0, 0.05) is 33.8 Å². The second-order valence-electron chi connectivity index (χ2n) is 4.22. The van der Waals surface area contributed by atoms with Gasteiger partial charge in [-0.05, 0) is 19.3 Å². The Morgan fingerprint density at radius 2 is 1.83 bits per heavy atom. The number of cyclic esters (lactones) is 2. The molecule has 0 aromatic rings. The fraction of sp³-hybridized carbons (Fsp3) is 0.818. The summed E-state index contributed by atoms with van der Waals surface area (Å²) < 4.78 is 20.5. The largest absolute Gasteiger partial charge is 0.500 e. The number of rotatable bonds is 7. The van der Waals surface area contributed by atoms with Crippen LogP contribution in [0.3, 0.4) is 0 Å². The van der Waals surface area contributed by atoms with E-state index in [1.807, 2.05) is 0 Å². The highest BCUT2D eigenvalue weighted by Crippen LogP contribution is 2.24. The maximum atomic E-state index is 11.4. The number of ether oxygens (including phenoxy) is 1. The van der Waals surface area contributed by atoms with Crippen molar-refractivity contribution in [2.45, 2.75) is 31.7 Å². The molecule has 1 aliphatic heterocycles. The summed E-state index contributed by atoms with van der Waals surface area (Å²) in [5.74, 6) is -1.03. The third kappa shape index (κ3) is 3.87. The molecule has 0 radical (unpaired) electrons. The highest BCUT2D eigenvalue weighted by Gasteiger charge is 2.38. The molecule has 1 atom stereocenters. The summed E-state index contributed by atoms with van der Waals surface area (Å²) in [6.45, 7) is 0. The highest BCUT2D eigenvalue weighted by atomic mass is 28.4. The van der Waals surface area contributed by atoms with E-state index in [4.69, 9.17) is 13.3 Å². The minimum atomic E-state index is -2.56. The smallest absolute Gasteiger partial charge is 0.393 e. The summed E-state index contributed by atoms with van der Waals surface area (Å²) in [5.41, 5.74) is 0. The maximum Gasteiger partial charge on any atom is 0.500 e. The summed E-state index contributed by atoms with van der Waals surface area (Å²) in [4.78, 5) is 22.3. The molecule has 1 rings (SSSR count). The maximum absolute atomic E-state index is 11.4. The van der Waals surface area contributed by atoms with Crippen LogP contribution in [-0.4, -0.2) is 42.1 Å². The van der Waals surface area contributed by atoms with E-state index < -0.39 is 20.7 Å². The topological polar surface area (TPSA) is 71.1 Å². The first-order valence-electron chi connectivity index (χ1n) is 5.97. The van der Waals surface area contributed by atoms with Crippen LogP contribution in [-0.2, 0) is 27.6 Å². The van der Waals surface area contributed by atoms with Crippen LogP contribution in [0.2, 0.25) is 6.04 Å². The minimum Gasteiger partial charge on any atom is -0.393 e. The van der Waals surface area contributed by atoms with Gasteiger partial charge in [-0.1, -0.05) is 0 Å². The van der Waals surface area contributed by atoms with Crippen LogP contribution in [0.5, 0.6) is 0 Å². The Morgan fingerprint density at radius 3 is 2.33 bits per heavy atom. The standard InChI is InChI=1S/C11H20O6Si/c1-14-18(15-2,16-3)8-4-5-9-6-7-10(12)17-11(9)13/h9H,4-8H2,1-3H3. The molecule has 1 aliphatic rings. The third-order valence-electron chi connectivity index (χ3n) is 3.21. The van der Waals surface area contributed by atoms with Crippen molar-refractivity contribution in [2.75, 3.05) is 21.3 Å². The molecule has 1 saturated heterocycles. The van der Waals surface area contributed by atoms with Gasteiger partial charge in [-0.3, -0.25) is 9.59 Å². The molecule has 0 spiro atoms. The Morgan fingerprint density at radius 1 is 1.22 bits per heavy atom. The van der Waals surface area contributed by atoms with Crippen molar-refractivity contribution in [3.05, 3.63) is 0 Å². The number of hydrogen-bond donors (Lipinski definition) is 0. The zero-order chi connectivity index (χ0) is 13.6. The molecule has 0 amide bonds. The lowest BCUT2D eigenvalue weighted by atomic mass is 9.96. The molecular formula is C11H20O6Si. The summed E-state index contributed by atoms with van der Waals surface area (Å²) >= 11 is 0. The molecule has 0 N–H and O–H groups in total. The van der Waals surface area contributed by atoms with Gasteiger partial charge in [0.2, 0.25) is 0 Å². The van der Waals surface area contributed by atoms with Gasteiger partial charge in [0.15, 0.2) is 0 Å². The van der Waals surface area contributed by atoms with E-state index in [1.165, 1.54) is 0 Å². The molecular weight excluding hydrogens is 256 g/mol. The summed E-state index contributed by atoms with van der Waals surface area (Å²) in [6.07, 6.45) is 2.30. The van der Waals surface area contributed by atoms with Crippen molar-refractivity contribution in [3.8, 4) is 0 Å². The summed E-state index contributed by atoms with van der Waals surface area (Å²) in [6, 6.07) is 0.647. The van der Waals surface area contributed by atoms with Gasteiger partial charge in [0.25, 0.3) is 0 Å². The fourth-order valence-corrected chi connectivity index (χ4v) is 3.79. The quantitative estimate of drug-likeness (QED) is 0.394. The minimum absolute atomic E-state index is 0.194. The lowest BCUT2D eigenvalue weighted by molar-refractivity contribution is -0.167. The zero-order valence-corrected chi connectivity index (χ0v) is 12.1. The normalized spacial score (nSPS) is 20.9. The van der Waals surface area contributed by atoms with Gasteiger partial charge in [0.05, 0.1) is 5.92 Å². The predicted octanol–water partition coefficient (Wildman–Crippen LogP) is 1.12. The SMILES string of the molecule is CO[Si](CCCC1CCC(=O)OC1=O)(OC)OC. The van der Waals surface area contributed by atoms with E-state index in [1.54, 1.807) is 21.3 Å². The monoisotopic (exact) mass is 276 g/mol. The number of hydrogen-bond acceptors (Lipinski definition) is 6. The van der Waals surface area contributed by atoms with Gasteiger partial charge in [-0.2, -0.15) is 0 Å². The summed E-state index contributed by atoms with van der Waals surface area (Å²) in [5, 5.41) is 0. The number of esters is 2. The van der Waals surface area contributed by atoms with Crippen molar-refractivity contribution in [1.29, 1.82) is 0 Å². The lowest BCUT2D eigenvalue weighted by Gasteiger charge is -2.25. The van der Waals surface area contributed by atoms with Crippen molar-refractivity contribution in [2.24, 2.45) is 5.92 Å². The Hall–Kier alpha value is -0.763. The van der Waals surface area contributed by atoms with Crippen LogP contribution >= 0.6 is 0 Å². The first kappa shape index (κ1) is 15.3. The average molecular weight is 276 g/mol. The Bertz CT molecular complexity index is 294. The number of carbonyl (C=O) groups excluding carboxylic acids is 2. The van der Waals surface area contributed by atoms with Crippen LogP contribution in [0.4, 0.5) is 0 Å². The highest BCUT2D eigenvalue weighted by molar-refractivity contribution is 6.60. The molecule has 104 valence electrons. The van der Waals surface area contributed by atoms with Gasteiger partial charge in [-0.25, -0.2) is 0 Å². The molecule has 6 nitrogen and oxygen atoms in total. The number of carbonyl (C=O) groups is 2.